The lowest BCUT2D eigenvalue weighted by atomic mass is 10.1. The van der Waals surface area contributed by atoms with Crippen LogP contribution < -0.4 is 10.5 Å². The first-order valence-electron chi connectivity index (χ1n) is 7.56. The van der Waals surface area contributed by atoms with E-state index in [1.54, 1.807) is 44.3 Å². The molecule has 3 rings (SSSR count). The molecule has 0 saturated heterocycles. The first kappa shape index (κ1) is 17.4. The van der Waals surface area contributed by atoms with Gasteiger partial charge in [0.15, 0.2) is 5.13 Å². The largest absolute Gasteiger partial charge is 0.375 e. The van der Waals surface area contributed by atoms with Crippen molar-refractivity contribution in [2.75, 3.05) is 10.5 Å². The minimum Gasteiger partial charge on any atom is -0.375 e. The quantitative estimate of drug-likeness (QED) is 0.728. The van der Waals surface area contributed by atoms with Gasteiger partial charge in [-0.05, 0) is 50.1 Å². The van der Waals surface area contributed by atoms with Crippen LogP contribution in [0.25, 0.3) is 10.4 Å². The number of hydrogen-bond donors (Lipinski definition) is 2. The lowest BCUT2D eigenvalue weighted by molar-refractivity contribution is 0.600. The molecule has 130 valence electrons. The molecule has 0 spiro atoms. The fourth-order valence-corrected chi connectivity index (χ4v) is 4.73. The number of thiazole rings is 1. The van der Waals surface area contributed by atoms with E-state index in [2.05, 4.69) is 14.7 Å². The molecule has 8 heteroatoms. The molecule has 0 saturated carbocycles. The Kier molecular flexibility index (Phi) is 4.49. The third-order valence-corrected chi connectivity index (χ3v) is 6.35. The summed E-state index contributed by atoms with van der Waals surface area (Å²) in [4.78, 5) is 9.40. The van der Waals surface area contributed by atoms with Crippen molar-refractivity contribution in [3.05, 3.63) is 53.5 Å². The first-order chi connectivity index (χ1) is 11.8. The number of hydrogen-bond acceptors (Lipinski definition) is 6. The van der Waals surface area contributed by atoms with Gasteiger partial charge in [-0.3, -0.25) is 9.71 Å². The highest BCUT2D eigenvalue weighted by atomic mass is 32.2. The van der Waals surface area contributed by atoms with Crippen molar-refractivity contribution >= 4 is 32.2 Å². The second-order valence-electron chi connectivity index (χ2n) is 5.69. The second kappa shape index (κ2) is 6.45. The topological polar surface area (TPSA) is 98.0 Å². The van der Waals surface area contributed by atoms with Crippen LogP contribution in [0.2, 0.25) is 0 Å². The standard InChI is InChI=1S/C17H18N4O2S2/c1-10-6-7-13(16-12(3)20-17(18)24-16)9-15(10)25(22,23)21-14-5-4-8-19-11(14)2/h4-9,21H,1-3H3,(H2,18,20). The third kappa shape index (κ3) is 3.49. The highest BCUT2D eigenvalue weighted by Gasteiger charge is 2.20. The molecule has 3 N–H and O–H groups in total. The molecule has 0 bridgehead atoms. The maximum absolute atomic E-state index is 12.9. The number of nitrogen functional groups attached to an aromatic ring is 1. The summed E-state index contributed by atoms with van der Waals surface area (Å²) < 4.78 is 28.4. The maximum atomic E-state index is 12.9. The minimum absolute atomic E-state index is 0.222. The number of nitrogens with zero attached hydrogens (tertiary/aromatic N) is 2. The van der Waals surface area contributed by atoms with Crippen LogP contribution in [0, 0.1) is 20.8 Å². The van der Waals surface area contributed by atoms with Crippen LogP contribution in [0.5, 0.6) is 0 Å². The monoisotopic (exact) mass is 374 g/mol. The SMILES string of the molecule is Cc1ccc(-c2sc(N)nc2C)cc1S(=O)(=O)Nc1cccnc1C. The summed E-state index contributed by atoms with van der Waals surface area (Å²) in [5, 5.41) is 0.460. The predicted octanol–water partition coefficient (Wildman–Crippen LogP) is 3.51. The average molecular weight is 374 g/mol. The lowest BCUT2D eigenvalue weighted by Crippen LogP contribution is -2.15. The Labute approximate surface area is 150 Å². The molecule has 25 heavy (non-hydrogen) atoms. The molecule has 0 atom stereocenters. The fraction of sp³-hybridized carbons (Fsp3) is 0.176. The van der Waals surface area contributed by atoms with Gasteiger partial charge in [0, 0.05) is 6.20 Å². The molecule has 0 fully saturated rings. The molecule has 0 aliphatic carbocycles. The van der Waals surface area contributed by atoms with E-state index in [1.807, 2.05) is 13.0 Å². The van der Waals surface area contributed by atoms with Gasteiger partial charge >= 0.3 is 0 Å². The van der Waals surface area contributed by atoms with Crippen molar-refractivity contribution in [1.82, 2.24) is 9.97 Å². The van der Waals surface area contributed by atoms with Gasteiger partial charge in [0.1, 0.15) is 0 Å². The number of rotatable bonds is 4. The van der Waals surface area contributed by atoms with Crippen molar-refractivity contribution in [3.63, 3.8) is 0 Å². The minimum atomic E-state index is -3.74. The van der Waals surface area contributed by atoms with Crippen molar-refractivity contribution in [3.8, 4) is 10.4 Å². The summed E-state index contributed by atoms with van der Waals surface area (Å²) in [6.45, 7) is 5.38. The lowest BCUT2D eigenvalue weighted by Gasteiger charge is -2.13. The van der Waals surface area contributed by atoms with Crippen molar-refractivity contribution < 1.29 is 8.42 Å². The molecule has 0 amide bonds. The van der Waals surface area contributed by atoms with Crippen LogP contribution in [0.1, 0.15) is 17.0 Å². The Hall–Kier alpha value is -2.45. The van der Waals surface area contributed by atoms with Gasteiger partial charge in [0.25, 0.3) is 10.0 Å². The van der Waals surface area contributed by atoms with Crippen molar-refractivity contribution in [2.24, 2.45) is 0 Å². The molecular formula is C17H18N4O2S2. The summed E-state index contributed by atoms with van der Waals surface area (Å²) in [6.07, 6.45) is 1.62. The third-order valence-electron chi connectivity index (χ3n) is 3.80. The van der Waals surface area contributed by atoms with E-state index in [4.69, 9.17) is 5.73 Å². The number of benzene rings is 1. The molecular weight excluding hydrogens is 356 g/mol. The second-order valence-corrected chi connectivity index (χ2v) is 8.37. The molecule has 0 unspecified atom stereocenters. The van der Waals surface area contributed by atoms with Gasteiger partial charge in [-0.2, -0.15) is 0 Å². The maximum Gasteiger partial charge on any atom is 0.262 e. The normalized spacial score (nSPS) is 11.5. The molecule has 0 aliphatic rings. The number of pyridine rings is 1. The Bertz CT molecular complexity index is 1040. The van der Waals surface area contributed by atoms with Gasteiger partial charge in [-0.15, -0.1) is 0 Å². The van der Waals surface area contributed by atoms with Crippen LogP contribution in [-0.4, -0.2) is 18.4 Å². The van der Waals surface area contributed by atoms with E-state index in [0.717, 1.165) is 16.1 Å². The van der Waals surface area contributed by atoms with E-state index in [-0.39, 0.29) is 4.90 Å². The number of aryl methyl sites for hydroxylation is 3. The summed E-state index contributed by atoms with van der Waals surface area (Å²) in [6, 6.07) is 8.70. The van der Waals surface area contributed by atoms with Gasteiger partial charge in [-0.1, -0.05) is 23.5 Å². The van der Waals surface area contributed by atoms with Crippen LogP contribution in [-0.2, 0) is 10.0 Å². The number of nitrogens with two attached hydrogens (primary N) is 1. The number of aromatic nitrogens is 2. The highest BCUT2D eigenvalue weighted by molar-refractivity contribution is 7.92. The van der Waals surface area contributed by atoms with E-state index < -0.39 is 10.0 Å². The average Bonchev–Trinajstić information content (AvgIpc) is 2.88. The smallest absolute Gasteiger partial charge is 0.262 e. The Morgan fingerprint density at radius 3 is 2.52 bits per heavy atom. The fourth-order valence-electron chi connectivity index (χ4n) is 2.51. The summed E-state index contributed by atoms with van der Waals surface area (Å²) >= 11 is 1.34. The summed E-state index contributed by atoms with van der Waals surface area (Å²) in [5.41, 5.74) is 9.06. The number of anilines is 2. The zero-order valence-corrected chi connectivity index (χ0v) is 15.7. The summed E-state index contributed by atoms with van der Waals surface area (Å²) in [5.74, 6) is 0. The van der Waals surface area contributed by atoms with Crippen LogP contribution in [0.3, 0.4) is 0 Å². The Morgan fingerprint density at radius 2 is 1.88 bits per heavy atom. The molecule has 6 nitrogen and oxygen atoms in total. The van der Waals surface area contributed by atoms with Crippen LogP contribution in [0.4, 0.5) is 10.8 Å². The first-order valence-corrected chi connectivity index (χ1v) is 9.86. The molecule has 2 heterocycles. The molecule has 3 aromatic rings. The molecule has 0 radical (unpaired) electrons. The van der Waals surface area contributed by atoms with Gasteiger partial charge in [0.05, 0.1) is 26.8 Å². The van der Waals surface area contributed by atoms with Crippen molar-refractivity contribution in [1.29, 1.82) is 0 Å². The molecule has 0 aliphatic heterocycles. The van der Waals surface area contributed by atoms with Crippen molar-refractivity contribution in [2.45, 2.75) is 25.7 Å². The number of nitrogens with one attached hydrogen (secondary N) is 1. The van der Waals surface area contributed by atoms with Gasteiger partial charge in [-0.25, -0.2) is 13.4 Å². The Morgan fingerprint density at radius 1 is 1.12 bits per heavy atom. The zero-order chi connectivity index (χ0) is 18.2. The molecule has 1 aromatic carbocycles. The zero-order valence-electron chi connectivity index (χ0n) is 14.1. The Balaban J connectivity index is 2.06. The van der Waals surface area contributed by atoms with E-state index in [0.29, 0.717) is 22.1 Å². The predicted molar refractivity (Wildman–Crippen MR) is 101 cm³/mol. The van der Waals surface area contributed by atoms with Crippen LogP contribution in [0.15, 0.2) is 41.4 Å². The van der Waals surface area contributed by atoms with E-state index >= 15 is 0 Å². The molecule has 2 aromatic heterocycles. The highest BCUT2D eigenvalue weighted by Crippen LogP contribution is 2.33. The van der Waals surface area contributed by atoms with Crippen LogP contribution >= 0.6 is 11.3 Å². The van der Waals surface area contributed by atoms with Gasteiger partial charge in [0.2, 0.25) is 0 Å². The number of sulfonamides is 1. The van der Waals surface area contributed by atoms with E-state index in [1.165, 1.54) is 11.3 Å². The van der Waals surface area contributed by atoms with E-state index in [9.17, 15) is 8.42 Å². The van der Waals surface area contributed by atoms with Gasteiger partial charge < -0.3 is 5.73 Å². The summed E-state index contributed by atoms with van der Waals surface area (Å²) in [7, 11) is -3.74.